The van der Waals surface area contributed by atoms with Crippen LogP contribution in [0.25, 0.3) is 0 Å². The number of aliphatic hydroxyl groups excluding tert-OH is 5. The van der Waals surface area contributed by atoms with E-state index in [1.807, 2.05) is 4.98 Å². The molecule has 23 heavy (non-hydrogen) atoms. The van der Waals surface area contributed by atoms with Crippen molar-refractivity contribution in [3.8, 4) is 0 Å². The van der Waals surface area contributed by atoms with E-state index >= 15 is 0 Å². The third-order valence-corrected chi connectivity index (χ3v) is 3.42. The zero-order chi connectivity index (χ0) is 17.1. The van der Waals surface area contributed by atoms with Gasteiger partial charge in [-0.15, -0.1) is 0 Å². The largest absolute Gasteiger partial charge is 0.394 e. The number of hydrogen-bond acceptors (Lipinski definition) is 9. The van der Waals surface area contributed by atoms with Crippen molar-refractivity contribution in [3.05, 3.63) is 20.8 Å². The van der Waals surface area contributed by atoms with Crippen LogP contribution in [0.1, 0.15) is 0 Å². The maximum atomic E-state index is 11.8. The number of aromatic amines is 2. The second-order valence-electron chi connectivity index (χ2n) is 5.13. The van der Waals surface area contributed by atoms with Gasteiger partial charge in [-0.3, -0.25) is 14.8 Å². The Hall–Kier alpha value is -2.05. The fourth-order valence-corrected chi connectivity index (χ4v) is 2.23. The molecule has 3 atom stereocenters. The molecule has 0 amide bonds. The molecule has 0 bridgehead atoms. The number of aromatic nitrogens is 2. The number of nitrogens with zero attached hydrogens (tertiary/aromatic N) is 2. The highest BCUT2D eigenvalue weighted by Gasteiger charge is 2.30. The number of β-amino-alcohol motifs (C(OH)–C–C–N with tert-alkyl or cyclic N) is 1. The molecule has 0 aliphatic carbocycles. The minimum Gasteiger partial charge on any atom is -0.394 e. The first-order chi connectivity index (χ1) is 10.9. The minimum absolute atomic E-state index is 0.00188. The van der Waals surface area contributed by atoms with E-state index in [1.54, 1.807) is 0 Å². The Morgan fingerprint density at radius 1 is 1.13 bits per heavy atom. The van der Waals surface area contributed by atoms with Gasteiger partial charge in [0.2, 0.25) is 0 Å². The van der Waals surface area contributed by atoms with Crippen LogP contribution in [0.3, 0.4) is 0 Å². The van der Waals surface area contributed by atoms with Crippen LogP contribution in [0.15, 0.2) is 14.6 Å². The van der Waals surface area contributed by atoms with Crippen LogP contribution in [-0.2, 0) is 0 Å². The van der Waals surface area contributed by atoms with Crippen LogP contribution in [0, 0.1) is 0 Å². The van der Waals surface area contributed by atoms with E-state index in [4.69, 9.17) is 5.11 Å². The summed E-state index contributed by atoms with van der Waals surface area (Å²) in [5.41, 5.74) is -1.44. The van der Waals surface area contributed by atoms with Crippen molar-refractivity contribution in [1.82, 2.24) is 9.97 Å². The molecule has 0 fully saturated rings. The molecule has 0 radical (unpaired) electrons. The van der Waals surface area contributed by atoms with E-state index in [0.717, 1.165) is 0 Å². The standard InChI is InChI=1S/C12H18N4O7/c17-3-5-1-16(2-6(19)9(21)7(20)4-18)10-8(13-5)11(22)15-12(23)14-10/h6-7,9,17-21H,1-4H2,(H2,14,15,22,23)/t6-,7+,9-/m0/s1. The smallest absolute Gasteiger partial charge is 0.327 e. The molecule has 11 nitrogen and oxygen atoms in total. The van der Waals surface area contributed by atoms with Crippen molar-refractivity contribution in [1.29, 1.82) is 0 Å². The summed E-state index contributed by atoms with van der Waals surface area (Å²) < 4.78 is 0. The van der Waals surface area contributed by atoms with Gasteiger partial charge in [-0.2, -0.15) is 0 Å². The van der Waals surface area contributed by atoms with Gasteiger partial charge in [-0.25, -0.2) is 9.79 Å². The Kier molecular flexibility index (Phi) is 5.28. The molecule has 2 heterocycles. The lowest BCUT2D eigenvalue weighted by atomic mass is 10.1. The average Bonchev–Trinajstić information content (AvgIpc) is 2.53. The molecule has 1 aromatic heterocycles. The van der Waals surface area contributed by atoms with Crippen LogP contribution in [0.5, 0.6) is 0 Å². The second kappa shape index (κ2) is 7.02. The van der Waals surface area contributed by atoms with E-state index in [2.05, 4.69) is 9.98 Å². The molecule has 1 aromatic rings. The highest BCUT2D eigenvalue weighted by molar-refractivity contribution is 5.95. The number of aliphatic imine (C=N–C) groups is 1. The van der Waals surface area contributed by atoms with Gasteiger partial charge in [-0.05, 0) is 0 Å². The maximum absolute atomic E-state index is 11.8. The molecule has 1 aliphatic rings. The normalized spacial score (nSPS) is 18.1. The lowest BCUT2D eigenvalue weighted by Gasteiger charge is -2.32. The van der Waals surface area contributed by atoms with Crippen molar-refractivity contribution in [2.75, 3.05) is 31.2 Å². The number of hydrogen-bond donors (Lipinski definition) is 7. The van der Waals surface area contributed by atoms with Gasteiger partial charge in [0.15, 0.2) is 5.69 Å². The Labute approximate surface area is 129 Å². The molecule has 128 valence electrons. The second-order valence-corrected chi connectivity index (χ2v) is 5.13. The monoisotopic (exact) mass is 330 g/mol. The highest BCUT2D eigenvalue weighted by atomic mass is 16.4. The van der Waals surface area contributed by atoms with E-state index in [0.29, 0.717) is 0 Å². The van der Waals surface area contributed by atoms with Crippen LogP contribution in [0.2, 0.25) is 0 Å². The van der Waals surface area contributed by atoms with Gasteiger partial charge < -0.3 is 30.4 Å². The van der Waals surface area contributed by atoms with E-state index < -0.39 is 42.8 Å². The number of rotatable bonds is 6. The molecular formula is C12H18N4O7. The molecule has 0 saturated heterocycles. The van der Waals surface area contributed by atoms with Crippen molar-refractivity contribution >= 4 is 17.2 Å². The van der Waals surface area contributed by atoms with Crippen LogP contribution in [-0.4, -0.2) is 85.8 Å². The molecule has 1 aliphatic heterocycles. The summed E-state index contributed by atoms with van der Waals surface area (Å²) in [5.74, 6) is 0.0284. The summed E-state index contributed by atoms with van der Waals surface area (Å²) in [7, 11) is 0. The molecule has 0 aromatic carbocycles. The lowest BCUT2D eigenvalue weighted by molar-refractivity contribution is -0.0730. The van der Waals surface area contributed by atoms with Gasteiger partial charge in [-0.1, -0.05) is 0 Å². The summed E-state index contributed by atoms with van der Waals surface area (Å²) in [6.45, 7) is -1.45. The van der Waals surface area contributed by atoms with E-state index in [1.165, 1.54) is 4.90 Å². The summed E-state index contributed by atoms with van der Waals surface area (Å²) in [6, 6.07) is 0. The van der Waals surface area contributed by atoms with Gasteiger partial charge in [0, 0.05) is 6.54 Å². The molecule has 0 saturated carbocycles. The maximum Gasteiger partial charge on any atom is 0.327 e. The predicted octanol–water partition coefficient (Wildman–Crippen LogP) is -3.98. The number of H-pyrrole nitrogens is 2. The average molecular weight is 330 g/mol. The topological polar surface area (TPSA) is 182 Å². The van der Waals surface area contributed by atoms with Crippen molar-refractivity contribution in [2.45, 2.75) is 18.3 Å². The molecule has 2 rings (SSSR count). The zero-order valence-corrected chi connectivity index (χ0v) is 12.0. The first-order valence-corrected chi connectivity index (χ1v) is 6.81. The van der Waals surface area contributed by atoms with Gasteiger partial charge in [0.25, 0.3) is 5.56 Å². The van der Waals surface area contributed by atoms with Gasteiger partial charge in [0.05, 0.1) is 25.5 Å². The Balaban J connectivity index is 2.33. The Morgan fingerprint density at radius 2 is 1.83 bits per heavy atom. The summed E-state index contributed by atoms with van der Waals surface area (Å²) >= 11 is 0. The van der Waals surface area contributed by atoms with Gasteiger partial charge in [0.1, 0.15) is 24.1 Å². The first kappa shape index (κ1) is 17.3. The number of fused-ring (bicyclic) bond motifs is 1. The molecular weight excluding hydrogens is 312 g/mol. The van der Waals surface area contributed by atoms with Crippen molar-refractivity contribution < 1.29 is 25.5 Å². The summed E-state index contributed by atoms with van der Waals surface area (Å²) in [6.07, 6.45) is -4.65. The molecule has 11 heteroatoms. The Bertz CT molecular complexity index is 697. The Morgan fingerprint density at radius 3 is 2.43 bits per heavy atom. The summed E-state index contributed by atoms with van der Waals surface area (Å²) in [4.78, 5) is 32.8. The summed E-state index contributed by atoms with van der Waals surface area (Å²) in [5, 5.41) is 47.0. The van der Waals surface area contributed by atoms with Crippen molar-refractivity contribution in [3.63, 3.8) is 0 Å². The molecule has 7 N–H and O–H groups in total. The van der Waals surface area contributed by atoms with Crippen LogP contribution in [0.4, 0.5) is 11.5 Å². The highest BCUT2D eigenvalue weighted by Crippen LogP contribution is 2.25. The van der Waals surface area contributed by atoms with Crippen LogP contribution >= 0.6 is 0 Å². The zero-order valence-electron chi connectivity index (χ0n) is 12.0. The van der Waals surface area contributed by atoms with Crippen molar-refractivity contribution in [2.24, 2.45) is 4.99 Å². The van der Waals surface area contributed by atoms with Crippen LogP contribution < -0.4 is 16.1 Å². The number of anilines is 1. The van der Waals surface area contributed by atoms with E-state index in [9.17, 15) is 30.0 Å². The fraction of sp³-hybridized carbons (Fsp3) is 0.583. The van der Waals surface area contributed by atoms with E-state index in [-0.39, 0.29) is 30.3 Å². The quantitative estimate of drug-likeness (QED) is 0.275. The number of aliphatic hydroxyl groups is 5. The SMILES string of the molecule is O=c1[nH]c2c(c(=O)[nH]1)N=C(CO)CN2C[C@H](O)[C@H](O)[C@H](O)CO. The third kappa shape index (κ3) is 3.65. The lowest BCUT2D eigenvalue weighted by Crippen LogP contribution is -2.49. The third-order valence-electron chi connectivity index (χ3n) is 3.42. The minimum atomic E-state index is -1.63. The first-order valence-electron chi connectivity index (χ1n) is 6.81. The number of nitrogens with one attached hydrogen (secondary N) is 2. The molecule has 0 unspecified atom stereocenters. The predicted molar refractivity (Wildman–Crippen MR) is 79.2 cm³/mol. The fourth-order valence-electron chi connectivity index (χ4n) is 2.23. The van der Waals surface area contributed by atoms with Gasteiger partial charge >= 0.3 is 5.69 Å². The molecule has 0 spiro atoms.